The Hall–Kier alpha value is -1.13. The monoisotopic (exact) mass is 535 g/mol. The normalized spacial score (nSPS) is 12.9. The molecule has 0 bridgehead atoms. The van der Waals surface area contributed by atoms with Crippen LogP contribution in [0.3, 0.4) is 0 Å². The average molecular weight is 536 g/mol. The van der Waals surface area contributed by atoms with Crippen molar-refractivity contribution >= 4 is 51.1 Å². The third kappa shape index (κ3) is 9.88. The van der Waals surface area contributed by atoms with Gasteiger partial charge in [0.15, 0.2) is 15.8 Å². The number of nitrogens with one attached hydrogen (secondary N) is 2. The van der Waals surface area contributed by atoms with E-state index in [0.29, 0.717) is 24.8 Å². The van der Waals surface area contributed by atoms with Crippen molar-refractivity contribution in [3.8, 4) is 0 Å². The molecule has 1 atom stereocenters. The van der Waals surface area contributed by atoms with Gasteiger partial charge in [0.05, 0.1) is 11.5 Å². The van der Waals surface area contributed by atoms with Crippen LogP contribution in [0.1, 0.15) is 23.8 Å². The number of rotatable bonds is 10. The number of aliphatic imine (C=N–C) groups is 1. The van der Waals surface area contributed by atoms with Gasteiger partial charge in [-0.1, -0.05) is 43.3 Å². The molecule has 1 unspecified atom stereocenters. The Morgan fingerprint density at radius 1 is 1.14 bits per heavy atom. The van der Waals surface area contributed by atoms with Gasteiger partial charge in [0.1, 0.15) is 0 Å². The molecule has 0 aliphatic rings. The Kier molecular flexibility index (Phi) is 11.7. The number of sulfone groups is 1. The van der Waals surface area contributed by atoms with Gasteiger partial charge in [0, 0.05) is 25.0 Å². The molecule has 156 valence electrons. The summed E-state index contributed by atoms with van der Waals surface area (Å²) in [7, 11) is -1.37. The molecule has 28 heavy (non-hydrogen) atoms. The van der Waals surface area contributed by atoms with E-state index < -0.39 is 9.84 Å². The molecule has 0 aliphatic carbocycles. The molecule has 0 saturated carbocycles. The van der Waals surface area contributed by atoms with E-state index in [-0.39, 0.29) is 35.5 Å². The number of hydrogen-bond acceptors (Lipinski definition) is 4. The Morgan fingerprint density at radius 2 is 1.89 bits per heavy atom. The van der Waals surface area contributed by atoms with Crippen LogP contribution in [0.4, 0.5) is 0 Å². The van der Waals surface area contributed by atoms with E-state index >= 15 is 0 Å². The highest BCUT2D eigenvalue weighted by Crippen LogP contribution is 2.13. The molecule has 5 nitrogen and oxygen atoms in total. The third-order valence-corrected chi connectivity index (χ3v) is 6.71. The van der Waals surface area contributed by atoms with E-state index in [9.17, 15) is 8.42 Å². The second-order valence-corrected chi connectivity index (χ2v) is 9.92. The lowest BCUT2D eigenvalue weighted by Gasteiger charge is -2.15. The fraction of sp³-hybridized carbons (Fsp3) is 0.450. The lowest BCUT2D eigenvalue weighted by molar-refractivity contribution is 0.561. The van der Waals surface area contributed by atoms with E-state index in [2.05, 4.69) is 40.1 Å². The minimum Gasteiger partial charge on any atom is -0.356 e. The summed E-state index contributed by atoms with van der Waals surface area (Å²) in [6.07, 6.45) is 1.60. The summed E-state index contributed by atoms with van der Waals surface area (Å²) in [5.74, 6) is 1.48. The van der Waals surface area contributed by atoms with Crippen LogP contribution in [0, 0.1) is 5.92 Å². The number of thiophene rings is 1. The molecule has 0 spiro atoms. The molecule has 1 aromatic heterocycles. The van der Waals surface area contributed by atoms with Crippen LogP contribution < -0.4 is 10.6 Å². The maximum Gasteiger partial charge on any atom is 0.190 e. The van der Waals surface area contributed by atoms with Crippen LogP contribution in [-0.4, -0.2) is 40.3 Å². The Morgan fingerprint density at radius 3 is 2.54 bits per heavy atom. The molecule has 8 heteroatoms. The van der Waals surface area contributed by atoms with Gasteiger partial charge in [-0.2, -0.15) is 0 Å². The van der Waals surface area contributed by atoms with E-state index in [1.165, 1.54) is 4.88 Å². The minimum atomic E-state index is -3.09. The van der Waals surface area contributed by atoms with Crippen LogP contribution >= 0.6 is 35.3 Å². The third-order valence-electron chi connectivity index (χ3n) is 4.13. The molecule has 1 heterocycles. The SMILES string of the molecule is CN=C(NCCCS(=O)(=O)Cc1ccccc1)NCC(C)Cc1cccs1.I. The van der Waals surface area contributed by atoms with Gasteiger partial charge in [-0.05, 0) is 35.8 Å². The first-order valence-corrected chi connectivity index (χ1v) is 11.9. The molecule has 0 radical (unpaired) electrons. The van der Waals surface area contributed by atoms with E-state index in [4.69, 9.17) is 0 Å². The lowest BCUT2D eigenvalue weighted by Crippen LogP contribution is -2.40. The predicted octanol–water partition coefficient (Wildman–Crippen LogP) is 3.71. The fourth-order valence-electron chi connectivity index (χ4n) is 2.74. The van der Waals surface area contributed by atoms with E-state index in [1.54, 1.807) is 18.4 Å². The largest absolute Gasteiger partial charge is 0.356 e. The minimum absolute atomic E-state index is 0. The second kappa shape index (κ2) is 13.2. The van der Waals surface area contributed by atoms with Gasteiger partial charge in [-0.3, -0.25) is 4.99 Å². The van der Waals surface area contributed by atoms with Crippen molar-refractivity contribution in [1.29, 1.82) is 0 Å². The van der Waals surface area contributed by atoms with Crippen molar-refractivity contribution in [2.75, 3.05) is 25.9 Å². The zero-order valence-corrected chi connectivity index (χ0v) is 20.4. The molecular formula is C20H30IN3O2S2. The number of hydrogen-bond donors (Lipinski definition) is 2. The standard InChI is InChI=1S/C20H29N3O2S2.HI/c1-17(14-19-10-6-12-26-19)15-23-20(21-2)22-11-7-13-27(24,25)16-18-8-4-3-5-9-18;/h3-6,8-10,12,17H,7,11,13-16H2,1-2H3,(H2,21,22,23);1H. The zero-order chi connectivity index (χ0) is 19.5. The van der Waals surface area contributed by atoms with Crippen molar-refractivity contribution in [3.63, 3.8) is 0 Å². The van der Waals surface area contributed by atoms with Gasteiger partial charge < -0.3 is 10.6 Å². The summed E-state index contributed by atoms with van der Waals surface area (Å²) in [5.41, 5.74) is 0.836. The van der Waals surface area contributed by atoms with Crippen LogP contribution in [0.5, 0.6) is 0 Å². The first-order valence-electron chi connectivity index (χ1n) is 9.20. The highest BCUT2D eigenvalue weighted by molar-refractivity contribution is 14.0. The first kappa shape index (κ1) is 24.9. The molecule has 0 aliphatic heterocycles. The average Bonchev–Trinajstić information content (AvgIpc) is 3.14. The molecule has 0 saturated heterocycles. The summed E-state index contributed by atoms with van der Waals surface area (Å²) in [4.78, 5) is 5.59. The summed E-state index contributed by atoms with van der Waals surface area (Å²) in [6, 6.07) is 13.5. The van der Waals surface area contributed by atoms with E-state index in [1.807, 2.05) is 30.3 Å². The summed E-state index contributed by atoms with van der Waals surface area (Å²) in [5, 5.41) is 8.61. The first-order chi connectivity index (χ1) is 13.0. The van der Waals surface area contributed by atoms with Gasteiger partial charge >= 0.3 is 0 Å². The molecule has 2 N–H and O–H groups in total. The molecule has 0 amide bonds. The zero-order valence-electron chi connectivity index (χ0n) is 16.4. The van der Waals surface area contributed by atoms with Gasteiger partial charge in [-0.15, -0.1) is 35.3 Å². The molecule has 2 aromatic rings. The number of halogens is 1. The second-order valence-electron chi connectivity index (χ2n) is 6.70. The molecule has 1 aromatic carbocycles. The highest BCUT2D eigenvalue weighted by atomic mass is 127. The molecule has 2 rings (SSSR count). The Balaban J connectivity index is 0.00000392. The van der Waals surface area contributed by atoms with Crippen molar-refractivity contribution in [2.45, 2.75) is 25.5 Å². The summed E-state index contributed by atoms with van der Waals surface area (Å²) in [6.45, 7) is 3.60. The topological polar surface area (TPSA) is 70.6 Å². The fourth-order valence-corrected chi connectivity index (χ4v) is 5.03. The Bertz CT molecular complexity index is 794. The Labute approximate surface area is 190 Å². The van der Waals surface area contributed by atoms with Crippen molar-refractivity contribution in [3.05, 3.63) is 58.3 Å². The van der Waals surface area contributed by atoms with Crippen LogP contribution in [0.25, 0.3) is 0 Å². The van der Waals surface area contributed by atoms with Gasteiger partial charge in [0.2, 0.25) is 0 Å². The summed E-state index contributed by atoms with van der Waals surface area (Å²) < 4.78 is 24.4. The van der Waals surface area contributed by atoms with Crippen molar-refractivity contribution < 1.29 is 8.42 Å². The van der Waals surface area contributed by atoms with Crippen molar-refractivity contribution in [2.24, 2.45) is 10.9 Å². The lowest BCUT2D eigenvalue weighted by atomic mass is 10.1. The number of nitrogens with zero attached hydrogens (tertiary/aromatic N) is 1. The number of benzene rings is 1. The highest BCUT2D eigenvalue weighted by Gasteiger charge is 2.12. The molecular weight excluding hydrogens is 505 g/mol. The van der Waals surface area contributed by atoms with Crippen LogP contribution in [0.2, 0.25) is 0 Å². The quantitative estimate of drug-likeness (QED) is 0.211. The molecule has 0 fully saturated rings. The maximum atomic E-state index is 12.2. The maximum absolute atomic E-state index is 12.2. The van der Waals surface area contributed by atoms with Crippen LogP contribution in [-0.2, 0) is 22.0 Å². The number of guanidine groups is 1. The predicted molar refractivity (Wildman–Crippen MR) is 131 cm³/mol. The van der Waals surface area contributed by atoms with Crippen LogP contribution in [0.15, 0.2) is 52.8 Å². The smallest absolute Gasteiger partial charge is 0.190 e. The van der Waals surface area contributed by atoms with E-state index in [0.717, 1.165) is 18.5 Å². The summed E-state index contributed by atoms with van der Waals surface area (Å²) >= 11 is 1.78. The van der Waals surface area contributed by atoms with Gasteiger partial charge in [0.25, 0.3) is 0 Å². The van der Waals surface area contributed by atoms with Gasteiger partial charge in [-0.25, -0.2) is 8.42 Å². The van der Waals surface area contributed by atoms with Crippen molar-refractivity contribution in [1.82, 2.24) is 10.6 Å².